The van der Waals surface area contributed by atoms with E-state index in [0.717, 1.165) is 11.3 Å². The lowest BCUT2D eigenvalue weighted by Gasteiger charge is -2.20. The van der Waals surface area contributed by atoms with Gasteiger partial charge in [0.05, 0.1) is 17.6 Å². The Bertz CT molecular complexity index is 458. The Labute approximate surface area is 127 Å². The number of ether oxygens (including phenoxy) is 1. The van der Waals surface area contributed by atoms with Crippen molar-refractivity contribution in [1.29, 1.82) is 0 Å². The fourth-order valence-electron chi connectivity index (χ4n) is 1.49. The molecule has 0 aliphatic rings. The Hall–Kier alpha value is -1.22. The monoisotopic (exact) mass is 318 g/mol. The molecule has 0 aromatic carbocycles. The maximum atomic E-state index is 11.4. The molecule has 1 rings (SSSR count). The number of nitrogens with zero attached hydrogens (tertiary/aromatic N) is 1. The van der Waals surface area contributed by atoms with Crippen molar-refractivity contribution in [2.75, 3.05) is 6.54 Å². The largest absolute Gasteiger partial charge is 0.444 e. The van der Waals surface area contributed by atoms with Crippen molar-refractivity contribution < 1.29 is 24.9 Å². The molecule has 1 aromatic rings. The second-order valence-corrected chi connectivity index (χ2v) is 6.70. The number of aromatic nitrogens is 1. The predicted molar refractivity (Wildman–Crippen MR) is 77.9 cm³/mol. The molecule has 8 heteroatoms. The van der Waals surface area contributed by atoms with Gasteiger partial charge in [0.25, 0.3) is 0 Å². The lowest BCUT2D eigenvalue weighted by atomic mass is 10.1. The number of thiazole rings is 1. The molecule has 1 aromatic heterocycles. The molecule has 0 aliphatic carbocycles. The van der Waals surface area contributed by atoms with Gasteiger partial charge in [-0.3, -0.25) is 0 Å². The zero-order chi connectivity index (χ0) is 16.0. The number of rotatable bonds is 6. The number of alkyl carbamates (subject to hydrolysis) is 1. The summed E-state index contributed by atoms with van der Waals surface area (Å²) < 4.78 is 5.05. The molecule has 4 N–H and O–H groups in total. The first-order chi connectivity index (χ1) is 9.73. The molecule has 0 spiro atoms. The van der Waals surface area contributed by atoms with E-state index in [-0.39, 0.29) is 19.6 Å². The van der Waals surface area contributed by atoms with Crippen LogP contribution in [0.4, 0.5) is 4.79 Å². The van der Waals surface area contributed by atoms with Crippen LogP contribution in [0.5, 0.6) is 0 Å². The van der Waals surface area contributed by atoms with Crippen molar-refractivity contribution in [3.63, 3.8) is 0 Å². The number of nitrogens with one attached hydrogen (secondary N) is 1. The highest BCUT2D eigenvalue weighted by Gasteiger charge is 2.22. The standard InChI is InChI=1S/C13H22N2O5S/c1-13(2,3)20-12(19)14-5-4-9(17)10(18)11-15-6-8(7-16)21-11/h6,9-10,16-18H,4-5,7H2,1-3H3,(H,14,19). The van der Waals surface area contributed by atoms with Crippen LogP contribution in [0, 0.1) is 0 Å². The van der Waals surface area contributed by atoms with Crippen LogP contribution in [-0.2, 0) is 11.3 Å². The molecule has 0 bridgehead atoms. The Morgan fingerprint density at radius 2 is 2.14 bits per heavy atom. The molecule has 120 valence electrons. The van der Waals surface area contributed by atoms with E-state index in [2.05, 4.69) is 10.3 Å². The highest BCUT2D eigenvalue weighted by atomic mass is 32.1. The van der Waals surface area contributed by atoms with Crippen LogP contribution in [0.2, 0.25) is 0 Å². The van der Waals surface area contributed by atoms with Crippen LogP contribution in [0.3, 0.4) is 0 Å². The quantitative estimate of drug-likeness (QED) is 0.621. The summed E-state index contributed by atoms with van der Waals surface area (Å²) in [7, 11) is 0. The number of aliphatic hydroxyl groups excluding tert-OH is 3. The fourth-order valence-corrected chi connectivity index (χ4v) is 2.31. The third-order valence-electron chi connectivity index (χ3n) is 2.45. The number of carbonyl (C=O) groups is 1. The van der Waals surface area contributed by atoms with E-state index in [1.54, 1.807) is 20.8 Å². The molecular weight excluding hydrogens is 296 g/mol. The van der Waals surface area contributed by atoms with E-state index in [0.29, 0.717) is 9.88 Å². The normalized spacial score (nSPS) is 14.6. The van der Waals surface area contributed by atoms with Crippen molar-refractivity contribution in [3.05, 3.63) is 16.1 Å². The van der Waals surface area contributed by atoms with Crippen LogP contribution in [0.1, 0.15) is 43.2 Å². The summed E-state index contributed by atoms with van der Waals surface area (Å²) >= 11 is 1.13. The van der Waals surface area contributed by atoms with E-state index in [9.17, 15) is 15.0 Å². The van der Waals surface area contributed by atoms with E-state index >= 15 is 0 Å². The van der Waals surface area contributed by atoms with Crippen LogP contribution >= 0.6 is 11.3 Å². The molecule has 0 aliphatic heterocycles. The Morgan fingerprint density at radius 1 is 1.48 bits per heavy atom. The molecule has 2 atom stereocenters. The minimum Gasteiger partial charge on any atom is -0.444 e. The Balaban J connectivity index is 2.36. The molecule has 0 saturated heterocycles. The van der Waals surface area contributed by atoms with Gasteiger partial charge in [0.15, 0.2) is 0 Å². The van der Waals surface area contributed by atoms with Crippen molar-refractivity contribution in [2.45, 2.75) is 51.6 Å². The highest BCUT2D eigenvalue weighted by molar-refractivity contribution is 7.11. The van der Waals surface area contributed by atoms with Gasteiger partial charge in [-0.25, -0.2) is 9.78 Å². The summed E-state index contributed by atoms with van der Waals surface area (Å²) in [6.45, 7) is 5.29. The average molecular weight is 318 g/mol. The molecular formula is C13H22N2O5S. The third-order valence-corrected chi connectivity index (χ3v) is 3.51. The smallest absolute Gasteiger partial charge is 0.407 e. The SMILES string of the molecule is CC(C)(C)OC(=O)NCCC(O)C(O)c1ncc(CO)s1. The van der Waals surface area contributed by atoms with Crippen molar-refractivity contribution in [2.24, 2.45) is 0 Å². The minimum absolute atomic E-state index is 0.152. The fraction of sp³-hybridized carbons (Fsp3) is 0.692. The second kappa shape index (κ2) is 7.69. The van der Waals surface area contributed by atoms with Gasteiger partial charge in [-0.05, 0) is 27.2 Å². The van der Waals surface area contributed by atoms with Crippen molar-refractivity contribution in [3.8, 4) is 0 Å². The molecule has 7 nitrogen and oxygen atoms in total. The summed E-state index contributed by atoms with van der Waals surface area (Å²) in [5.74, 6) is 0. The topological polar surface area (TPSA) is 112 Å². The van der Waals surface area contributed by atoms with Crippen LogP contribution < -0.4 is 5.32 Å². The van der Waals surface area contributed by atoms with E-state index < -0.39 is 23.9 Å². The molecule has 1 heterocycles. The van der Waals surface area contributed by atoms with Gasteiger partial charge in [0.2, 0.25) is 0 Å². The van der Waals surface area contributed by atoms with Gasteiger partial charge < -0.3 is 25.4 Å². The molecule has 1 amide bonds. The lowest BCUT2D eigenvalue weighted by molar-refractivity contribution is 0.0122. The summed E-state index contributed by atoms with van der Waals surface area (Å²) in [6.07, 6.45) is -1.15. The highest BCUT2D eigenvalue weighted by Crippen LogP contribution is 2.23. The Morgan fingerprint density at radius 3 is 2.67 bits per heavy atom. The van der Waals surface area contributed by atoms with Gasteiger partial charge in [0.1, 0.15) is 16.7 Å². The van der Waals surface area contributed by atoms with Crippen molar-refractivity contribution in [1.82, 2.24) is 10.3 Å². The number of hydrogen-bond donors (Lipinski definition) is 4. The van der Waals surface area contributed by atoms with Gasteiger partial charge >= 0.3 is 6.09 Å². The first-order valence-corrected chi connectivity index (χ1v) is 7.43. The first-order valence-electron chi connectivity index (χ1n) is 6.61. The average Bonchev–Trinajstić information content (AvgIpc) is 2.84. The van der Waals surface area contributed by atoms with Crippen molar-refractivity contribution >= 4 is 17.4 Å². The maximum absolute atomic E-state index is 11.4. The molecule has 21 heavy (non-hydrogen) atoms. The number of carbonyl (C=O) groups excluding carboxylic acids is 1. The van der Waals surface area contributed by atoms with Crippen LogP contribution in [0.15, 0.2) is 6.20 Å². The van der Waals surface area contributed by atoms with E-state index in [1.807, 2.05) is 0 Å². The summed E-state index contributed by atoms with van der Waals surface area (Å²) in [5, 5.41) is 31.6. The molecule has 2 unspecified atom stereocenters. The Kier molecular flexibility index (Phi) is 6.53. The lowest BCUT2D eigenvalue weighted by Crippen LogP contribution is -2.34. The molecule has 0 fully saturated rings. The van der Waals surface area contributed by atoms with Gasteiger partial charge in [-0.2, -0.15) is 0 Å². The summed E-state index contributed by atoms with van der Waals surface area (Å²) in [6, 6.07) is 0. The zero-order valence-electron chi connectivity index (χ0n) is 12.4. The number of amides is 1. The zero-order valence-corrected chi connectivity index (χ0v) is 13.2. The number of aliphatic hydroxyl groups is 3. The first kappa shape index (κ1) is 17.8. The third kappa shape index (κ3) is 6.38. The molecule has 0 radical (unpaired) electrons. The summed E-state index contributed by atoms with van der Waals surface area (Å²) in [5.41, 5.74) is -0.580. The number of hydrogen-bond acceptors (Lipinski definition) is 7. The van der Waals surface area contributed by atoms with Crippen LogP contribution in [-0.4, -0.2) is 44.6 Å². The predicted octanol–water partition coefficient (Wildman–Crippen LogP) is 0.944. The van der Waals surface area contributed by atoms with E-state index in [1.165, 1.54) is 6.20 Å². The summed E-state index contributed by atoms with van der Waals surface area (Å²) in [4.78, 5) is 16.0. The van der Waals surface area contributed by atoms with E-state index in [4.69, 9.17) is 9.84 Å². The maximum Gasteiger partial charge on any atom is 0.407 e. The van der Waals surface area contributed by atoms with Gasteiger partial charge in [0, 0.05) is 12.7 Å². The van der Waals surface area contributed by atoms with Crippen LogP contribution in [0.25, 0.3) is 0 Å². The minimum atomic E-state index is -1.14. The van der Waals surface area contributed by atoms with Gasteiger partial charge in [-0.1, -0.05) is 0 Å². The second-order valence-electron chi connectivity index (χ2n) is 5.55. The molecule has 0 saturated carbocycles. The van der Waals surface area contributed by atoms with Gasteiger partial charge in [-0.15, -0.1) is 11.3 Å².